The summed E-state index contributed by atoms with van der Waals surface area (Å²) in [6.45, 7) is 0. The molecule has 0 aliphatic rings. The van der Waals surface area contributed by atoms with Gasteiger partial charge in [0.15, 0.2) is 0 Å². The van der Waals surface area contributed by atoms with Crippen LogP contribution in [0, 0.1) is 0 Å². The molecule has 0 heterocycles. The average molecular weight is 209 g/mol. The fourth-order valence-electron chi connectivity index (χ4n) is 0.760. The number of hydrogen-bond acceptors (Lipinski definition) is 1. The molecule has 11 heavy (non-hydrogen) atoms. The van der Waals surface area contributed by atoms with Gasteiger partial charge in [-0.15, -0.1) is 0 Å². The van der Waals surface area contributed by atoms with Crippen LogP contribution in [0.25, 0.3) is 0 Å². The van der Waals surface area contributed by atoms with Crippen LogP contribution in [0.4, 0.5) is 0 Å². The van der Waals surface area contributed by atoms with Gasteiger partial charge in [-0.1, -0.05) is 0 Å². The maximum atomic E-state index is 10.1. The zero-order valence-electron chi connectivity index (χ0n) is 6.35. The standard InChI is InChI=1S/C7H11Cl2.Al.O/c1-2-3-4-5-6-7(8)9;;/h6H,1-5H2;;. The number of unbranched alkanes of at least 4 members (excludes halogenated alkanes) is 3. The van der Waals surface area contributed by atoms with E-state index in [4.69, 9.17) is 23.2 Å². The van der Waals surface area contributed by atoms with Gasteiger partial charge in [0, 0.05) is 0 Å². The first-order valence-electron chi connectivity index (χ1n) is 3.72. The van der Waals surface area contributed by atoms with Crippen molar-refractivity contribution in [3.63, 3.8) is 0 Å². The van der Waals surface area contributed by atoms with Crippen LogP contribution in [-0.4, -0.2) is 15.2 Å². The minimum absolute atomic E-state index is 0.347. The van der Waals surface area contributed by atoms with Crippen molar-refractivity contribution < 1.29 is 3.80 Å². The van der Waals surface area contributed by atoms with E-state index in [1.807, 2.05) is 0 Å². The van der Waals surface area contributed by atoms with Crippen LogP contribution in [0.15, 0.2) is 10.6 Å². The second-order valence-electron chi connectivity index (χ2n) is 2.30. The zero-order valence-corrected chi connectivity index (χ0v) is 9.02. The van der Waals surface area contributed by atoms with Gasteiger partial charge in [-0.3, -0.25) is 0 Å². The van der Waals surface area contributed by atoms with E-state index in [-0.39, 0.29) is 0 Å². The molecule has 0 aliphatic heterocycles. The third-order valence-electron chi connectivity index (χ3n) is 1.32. The molecule has 0 aromatic heterocycles. The van der Waals surface area contributed by atoms with Crippen molar-refractivity contribution >= 4 is 38.4 Å². The Morgan fingerprint density at radius 2 is 2.00 bits per heavy atom. The molecule has 0 aliphatic carbocycles. The van der Waals surface area contributed by atoms with Crippen molar-refractivity contribution in [1.29, 1.82) is 0 Å². The molecule has 0 N–H and O–H groups in total. The van der Waals surface area contributed by atoms with E-state index in [9.17, 15) is 3.80 Å². The summed E-state index contributed by atoms with van der Waals surface area (Å²) in [4.78, 5) is 0. The summed E-state index contributed by atoms with van der Waals surface area (Å²) in [5.74, 6) is 0. The van der Waals surface area contributed by atoms with Crippen LogP contribution in [-0.2, 0) is 3.80 Å². The molecule has 0 amide bonds. The number of rotatable bonds is 6. The van der Waals surface area contributed by atoms with Crippen LogP contribution in [0.3, 0.4) is 0 Å². The van der Waals surface area contributed by atoms with Crippen LogP contribution in [0.2, 0.25) is 5.28 Å². The van der Waals surface area contributed by atoms with Crippen LogP contribution in [0.5, 0.6) is 0 Å². The quantitative estimate of drug-likeness (QED) is 0.484. The zero-order chi connectivity index (χ0) is 8.53. The summed E-state index contributed by atoms with van der Waals surface area (Å²) in [7, 11) is 0. The van der Waals surface area contributed by atoms with E-state index in [1.54, 1.807) is 6.08 Å². The molecular formula is C7H11AlCl2O. The van der Waals surface area contributed by atoms with Crippen LogP contribution < -0.4 is 0 Å². The molecule has 62 valence electrons. The summed E-state index contributed by atoms with van der Waals surface area (Å²) in [6.07, 6.45) is 5.99. The first kappa shape index (κ1) is 11.7. The summed E-state index contributed by atoms with van der Waals surface area (Å²) >= 11 is 10.2. The topological polar surface area (TPSA) is 17.1 Å². The molecule has 0 rings (SSSR count). The predicted molar refractivity (Wildman–Crippen MR) is 49.5 cm³/mol. The molecule has 0 unspecified atom stereocenters. The second kappa shape index (κ2) is 8.75. The summed E-state index contributed by atoms with van der Waals surface area (Å²) < 4.78 is 10.4. The Kier molecular flexibility index (Phi) is 9.27. The Hall–Kier alpha value is 0.652. The van der Waals surface area contributed by atoms with Gasteiger partial charge < -0.3 is 0 Å². The van der Waals surface area contributed by atoms with Crippen molar-refractivity contribution in [2.75, 3.05) is 0 Å². The first-order valence-corrected chi connectivity index (χ1v) is 5.76. The Bertz CT molecular complexity index is 132. The van der Waals surface area contributed by atoms with E-state index in [0.717, 1.165) is 31.0 Å². The molecule has 0 aromatic carbocycles. The van der Waals surface area contributed by atoms with Gasteiger partial charge in [-0.25, -0.2) is 0 Å². The summed E-state index contributed by atoms with van der Waals surface area (Å²) in [5, 5.41) is 0.873. The molecule has 0 saturated heterocycles. The van der Waals surface area contributed by atoms with E-state index < -0.39 is 15.2 Å². The number of allylic oxidation sites excluding steroid dienone is 1. The molecular weight excluding hydrogens is 198 g/mol. The summed E-state index contributed by atoms with van der Waals surface area (Å²) in [6, 6.07) is 0. The average Bonchev–Trinajstić information content (AvgIpc) is 1.96. The first-order chi connectivity index (χ1) is 5.27. The molecule has 0 atom stereocenters. The predicted octanol–water partition coefficient (Wildman–Crippen LogP) is 3.33. The van der Waals surface area contributed by atoms with E-state index in [0.29, 0.717) is 4.49 Å². The molecule has 0 fully saturated rings. The van der Waals surface area contributed by atoms with E-state index in [1.165, 1.54) is 0 Å². The Morgan fingerprint density at radius 3 is 2.55 bits per heavy atom. The Balaban J connectivity index is 3.02. The van der Waals surface area contributed by atoms with E-state index >= 15 is 0 Å². The van der Waals surface area contributed by atoms with Crippen molar-refractivity contribution in [2.45, 2.75) is 31.0 Å². The molecule has 4 heteroatoms. The molecule has 0 radical (unpaired) electrons. The van der Waals surface area contributed by atoms with Gasteiger partial charge in [0.2, 0.25) is 0 Å². The summed E-state index contributed by atoms with van der Waals surface area (Å²) in [5.41, 5.74) is 0. The second-order valence-corrected chi connectivity index (χ2v) is 4.22. The fraction of sp³-hybridized carbons (Fsp3) is 0.714. The molecule has 1 nitrogen and oxygen atoms in total. The normalized spacial score (nSPS) is 8.91. The molecule has 0 saturated carbocycles. The molecule has 0 spiro atoms. The van der Waals surface area contributed by atoms with E-state index in [2.05, 4.69) is 0 Å². The van der Waals surface area contributed by atoms with Gasteiger partial charge in [0.1, 0.15) is 0 Å². The van der Waals surface area contributed by atoms with Crippen molar-refractivity contribution in [3.8, 4) is 0 Å². The Labute approximate surface area is 83.7 Å². The fourth-order valence-corrected chi connectivity index (χ4v) is 1.43. The van der Waals surface area contributed by atoms with Gasteiger partial charge in [-0.05, 0) is 0 Å². The minimum atomic E-state index is -0.553. The van der Waals surface area contributed by atoms with Gasteiger partial charge in [-0.2, -0.15) is 0 Å². The van der Waals surface area contributed by atoms with Crippen molar-refractivity contribution in [1.82, 2.24) is 0 Å². The number of hydrogen-bond donors (Lipinski definition) is 0. The Morgan fingerprint density at radius 1 is 1.27 bits per heavy atom. The third kappa shape index (κ3) is 10.7. The van der Waals surface area contributed by atoms with Crippen LogP contribution >= 0.6 is 23.2 Å². The van der Waals surface area contributed by atoms with Gasteiger partial charge >= 0.3 is 83.7 Å². The van der Waals surface area contributed by atoms with Crippen molar-refractivity contribution in [2.24, 2.45) is 0 Å². The van der Waals surface area contributed by atoms with Crippen molar-refractivity contribution in [3.05, 3.63) is 10.6 Å². The monoisotopic (exact) mass is 208 g/mol. The third-order valence-corrected chi connectivity index (χ3v) is 2.28. The molecule has 0 bridgehead atoms. The SMILES string of the molecule is [O]=[Al][CH2]CCCCC=C(Cl)Cl. The van der Waals surface area contributed by atoms with Crippen LogP contribution in [0.1, 0.15) is 25.7 Å². The molecule has 0 aromatic rings. The maximum absolute atomic E-state index is 10.1. The van der Waals surface area contributed by atoms with Gasteiger partial charge in [0.05, 0.1) is 0 Å². The van der Waals surface area contributed by atoms with Gasteiger partial charge in [0.25, 0.3) is 0 Å². The number of halogens is 2.